The van der Waals surface area contributed by atoms with Crippen molar-refractivity contribution in [3.05, 3.63) is 71.5 Å². The number of nitrogens with one attached hydrogen (secondary N) is 2. The van der Waals surface area contributed by atoms with E-state index < -0.39 is 17.6 Å². The monoisotopic (exact) mass is 341 g/mol. The first-order chi connectivity index (χ1) is 12.1. The van der Waals surface area contributed by atoms with Crippen molar-refractivity contribution in [3.63, 3.8) is 0 Å². The van der Waals surface area contributed by atoms with Gasteiger partial charge in [0.25, 0.3) is 11.8 Å². The van der Waals surface area contributed by atoms with Crippen LogP contribution in [-0.4, -0.2) is 24.1 Å². The second kappa shape index (κ2) is 9.32. The molecular formula is C19H20FN3O2. The van der Waals surface area contributed by atoms with Crippen LogP contribution >= 0.6 is 0 Å². The van der Waals surface area contributed by atoms with Crippen LogP contribution in [0.25, 0.3) is 0 Å². The maximum atomic E-state index is 13.1. The fourth-order valence-corrected chi connectivity index (χ4v) is 2.19. The third-order valence-electron chi connectivity index (χ3n) is 3.41. The summed E-state index contributed by atoms with van der Waals surface area (Å²) in [5.41, 5.74) is 4.31. The van der Waals surface area contributed by atoms with E-state index in [0.717, 1.165) is 30.2 Å². The molecule has 0 unspecified atom stereocenters. The summed E-state index contributed by atoms with van der Waals surface area (Å²) in [6.45, 7) is 1.78. The van der Waals surface area contributed by atoms with Crippen molar-refractivity contribution in [3.8, 4) is 0 Å². The molecule has 0 bridgehead atoms. The van der Waals surface area contributed by atoms with Crippen LogP contribution in [0.2, 0.25) is 0 Å². The number of hydrogen-bond acceptors (Lipinski definition) is 3. The van der Waals surface area contributed by atoms with E-state index in [1.54, 1.807) is 0 Å². The predicted molar refractivity (Wildman–Crippen MR) is 94.8 cm³/mol. The van der Waals surface area contributed by atoms with Gasteiger partial charge in [0.05, 0.1) is 12.3 Å². The summed E-state index contributed by atoms with van der Waals surface area (Å²) in [7, 11) is 0. The van der Waals surface area contributed by atoms with Crippen molar-refractivity contribution in [2.24, 2.45) is 5.10 Å². The second-order valence-corrected chi connectivity index (χ2v) is 5.40. The lowest BCUT2D eigenvalue weighted by Gasteiger charge is -2.07. The zero-order chi connectivity index (χ0) is 18.1. The zero-order valence-electron chi connectivity index (χ0n) is 14.0. The van der Waals surface area contributed by atoms with Gasteiger partial charge in [-0.3, -0.25) is 9.59 Å². The van der Waals surface area contributed by atoms with Crippen LogP contribution in [0.1, 0.15) is 35.7 Å². The van der Waals surface area contributed by atoms with Gasteiger partial charge in [0.1, 0.15) is 5.82 Å². The van der Waals surface area contributed by atoms with E-state index >= 15 is 0 Å². The van der Waals surface area contributed by atoms with Crippen molar-refractivity contribution in [2.75, 3.05) is 6.54 Å². The van der Waals surface area contributed by atoms with Crippen LogP contribution in [0.5, 0.6) is 0 Å². The molecule has 0 saturated heterocycles. The Morgan fingerprint density at radius 3 is 2.44 bits per heavy atom. The van der Waals surface area contributed by atoms with E-state index in [1.807, 2.05) is 37.3 Å². The number of amides is 2. The number of halogens is 1. The number of carbonyl (C=O) groups is 2. The summed E-state index contributed by atoms with van der Waals surface area (Å²) in [4.78, 5) is 23.7. The summed E-state index contributed by atoms with van der Waals surface area (Å²) in [5, 5.41) is 6.59. The Morgan fingerprint density at radius 1 is 1.04 bits per heavy atom. The van der Waals surface area contributed by atoms with Gasteiger partial charge in [-0.2, -0.15) is 5.10 Å². The first-order valence-corrected chi connectivity index (χ1v) is 8.04. The number of carbonyl (C=O) groups excluding carboxylic acids is 2. The van der Waals surface area contributed by atoms with E-state index in [2.05, 4.69) is 15.8 Å². The highest BCUT2D eigenvalue weighted by atomic mass is 19.1. The van der Waals surface area contributed by atoms with Crippen LogP contribution in [0, 0.1) is 5.82 Å². The summed E-state index contributed by atoms with van der Waals surface area (Å²) < 4.78 is 13.1. The summed E-state index contributed by atoms with van der Waals surface area (Å²) in [6.07, 6.45) is 1.61. The Bertz CT molecular complexity index is 760. The van der Waals surface area contributed by atoms with Crippen molar-refractivity contribution in [2.45, 2.75) is 19.8 Å². The van der Waals surface area contributed by atoms with E-state index in [1.165, 1.54) is 18.2 Å². The van der Waals surface area contributed by atoms with Gasteiger partial charge >= 0.3 is 0 Å². The Balaban J connectivity index is 1.91. The van der Waals surface area contributed by atoms with Crippen LogP contribution < -0.4 is 10.7 Å². The van der Waals surface area contributed by atoms with Crippen molar-refractivity contribution in [1.29, 1.82) is 0 Å². The molecule has 2 N–H and O–H groups in total. The molecule has 0 fully saturated rings. The molecule has 0 aliphatic heterocycles. The van der Waals surface area contributed by atoms with Crippen molar-refractivity contribution in [1.82, 2.24) is 10.7 Å². The summed E-state index contributed by atoms with van der Waals surface area (Å²) >= 11 is 0. The molecule has 0 saturated carbocycles. The highest BCUT2D eigenvalue weighted by molar-refractivity contribution is 6.01. The first kappa shape index (κ1) is 18.3. The fraction of sp³-hybridized carbons (Fsp3) is 0.211. The third kappa shape index (κ3) is 5.84. The van der Waals surface area contributed by atoms with Crippen LogP contribution in [0.15, 0.2) is 59.7 Å². The molecule has 2 aromatic rings. The van der Waals surface area contributed by atoms with Crippen molar-refractivity contribution >= 4 is 17.5 Å². The van der Waals surface area contributed by atoms with Gasteiger partial charge < -0.3 is 5.32 Å². The maximum Gasteiger partial charge on any atom is 0.259 e. The van der Waals surface area contributed by atoms with Crippen LogP contribution in [-0.2, 0) is 4.79 Å². The molecule has 0 radical (unpaired) electrons. The largest absolute Gasteiger partial charge is 0.343 e. The topological polar surface area (TPSA) is 70.6 Å². The molecule has 25 heavy (non-hydrogen) atoms. The minimum atomic E-state index is -0.518. The van der Waals surface area contributed by atoms with Gasteiger partial charge in [-0.25, -0.2) is 9.82 Å². The van der Waals surface area contributed by atoms with E-state index in [9.17, 15) is 14.0 Å². The summed E-state index contributed by atoms with van der Waals surface area (Å²) in [5.74, 6) is -1.47. The second-order valence-electron chi connectivity index (χ2n) is 5.40. The SMILES string of the molecule is CCCC(=NNC(=O)CNC(=O)c1cccc(F)c1)c1ccccc1. The van der Waals surface area contributed by atoms with Gasteiger partial charge in [-0.1, -0.05) is 49.7 Å². The van der Waals surface area contributed by atoms with E-state index in [-0.39, 0.29) is 12.1 Å². The average molecular weight is 341 g/mol. The molecule has 5 nitrogen and oxygen atoms in total. The fourth-order valence-electron chi connectivity index (χ4n) is 2.19. The number of hydrogen-bond donors (Lipinski definition) is 2. The lowest BCUT2D eigenvalue weighted by atomic mass is 10.1. The minimum Gasteiger partial charge on any atom is -0.343 e. The highest BCUT2D eigenvalue weighted by Gasteiger charge is 2.09. The molecule has 0 aliphatic rings. The predicted octanol–water partition coefficient (Wildman–Crippen LogP) is 2.88. The maximum absolute atomic E-state index is 13.1. The highest BCUT2D eigenvalue weighted by Crippen LogP contribution is 2.06. The molecule has 0 spiro atoms. The molecular weight excluding hydrogens is 321 g/mol. The van der Waals surface area contributed by atoms with Gasteiger partial charge in [0.15, 0.2) is 0 Å². The Kier molecular flexibility index (Phi) is 6.83. The molecule has 0 heterocycles. The number of nitrogens with zero attached hydrogens (tertiary/aromatic N) is 1. The minimum absolute atomic E-state index is 0.159. The normalized spacial score (nSPS) is 11.0. The quantitative estimate of drug-likeness (QED) is 0.600. The standard InChI is InChI=1S/C19H20FN3O2/c1-2-7-17(14-8-4-3-5-9-14)22-23-18(24)13-21-19(25)15-10-6-11-16(20)12-15/h3-6,8-12H,2,7,13H2,1H3,(H,21,25)(H,23,24). The number of rotatable bonds is 7. The Morgan fingerprint density at radius 2 is 1.76 bits per heavy atom. The molecule has 6 heteroatoms. The molecule has 0 aliphatic carbocycles. The Labute approximate surface area is 145 Å². The molecule has 0 aromatic heterocycles. The van der Waals surface area contributed by atoms with E-state index in [4.69, 9.17) is 0 Å². The van der Waals surface area contributed by atoms with Gasteiger partial charge in [-0.15, -0.1) is 0 Å². The molecule has 2 aromatic carbocycles. The van der Waals surface area contributed by atoms with Crippen LogP contribution in [0.4, 0.5) is 4.39 Å². The third-order valence-corrected chi connectivity index (χ3v) is 3.41. The molecule has 2 rings (SSSR count). The number of benzene rings is 2. The summed E-state index contributed by atoms with van der Waals surface area (Å²) in [6, 6.07) is 14.8. The van der Waals surface area contributed by atoms with E-state index in [0.29, 0.717) is 0 Å². The lowest BCUT2D eigenvalue weighted by molar-refractivity contribution is -0.120. The lowest BCUT2D eigenvalue weighted by Crippen LogP contribution is -2.35. The molecule has 2 amide bonds. The smallest absolute Gasteiger partial charge is 0.259 e. The number of hydrazone groups is 1. The molecule has 130 valence electrons. The van der Waals surface area contributed by atoms with Gasteiger partial charge in [0.2, 0.25) is 0 Å². The average Bonchev–Trinajstić information content (AvgIpc) is 2.63. The van der Waals surface area contributed by atoms with Crippen molar-refractivity contribution < 1.29 is 14.0 Å². The van der Waals surface area contributed by atoms with Crippen LogP contribution in [0.3, 0.4) is 0 Å². The van der Waals surface area contributed by atoms with Gasteiger partial charge in [-0.05, 0) is 30.2 Å². The first-order valence-electron chi connectivity index (χ1n) is 8.04. The van der Waals surface area contributed by atoms with Gasteiger partial charge in [0, 0.05) is 5.56 Å². The zero-order valence-corrected chi connectivity index (χ0v) is 14.0. The molecule has 0 atom stereocenters. The Hall–Kier alpha value is -3.02.